The number of rotatable bonds is 6. The van der Waals surface area contributed by atoms with Crippen molar-refractivity contribution in [3.05, 3.63) is 33.2 Å². The largest absolute Gasteiger partial charge is 0.463 e. The van der Waals surface area contributed by atoms with E-state index in [1.54, 1.807) is 18.7 Å². The van der Waals surface area contributed by atoms with Crippen LogP contribution in [0.5, 0.6) is 0 Å². The van der Waals surface area contributed by atoms with Gasteiger partial charge in [0.25, 0.3) is 5.56 Å². The maximum absolute atomic E-state index is 12.5. The molecule has 7 nitrogen and oxygen atoms in total. The highest BCUT2D eigenvalue weighted by atomic mass is 32.2. The molecule has 2 heterocycles. The quantitative estimate of drug-likeness (QED) is 0.422. The van der Waals surface area contributed by atoms with Crippen molar-refractivity contribution in [3.8, 4) is 0 Å². The van der Waals surface area contributed by atoms with Crippen molar-refractivity contribution >= 4 is 35.4 Å². The van der Waals surface area contributed by atoms with Gasteiger partial charge in [0.1, 0.15) is 0 Å². The first-order chi connectivity index (χ1) is 13.0. The smallest absolute Gasteiger partial charge is 0.336 e. The van der Waals surface area contributed by atoms with Crippen LogP contribution in [0.3, 0.4) is 0 Å². The average Bonchev–Trinajstić information content (AvgIpc) is 2.97. The second-order valence-corrected chi connectivity index (χ2v) is 8.93. The van der Waals surface area contributed by atoms with Crippen molar-refractivity contribution in [2.24, 2.45) is 11.8 Å². The summed E-state index contributed by atoms with van der Waals surface area (Å²) in [5.74, 6) is 0.291. The number of nitrogens with zero attached hydrogens (tertiary/aromatic N) is 1. The van der Waals surface area contributed by atoms with Crippen LogP contribution in [0.25, 0.3) is 0 Å². The second-order valence-electron chi connectivity index (χ2n) is 6.72. The van der Waals surface area contributed by atoms with Crippen LogP contribution in [0.15, 0.2) is 32.8 Å². The Morgan fingerprint density at radius 2 is 2.26 bits per heavy atom. The molecule has 3 rings (SSSR count). The standard InChI is InChI=1S/C18H23N3O4S2/c1-3-25-17(24)15-11-5-4-10(2)8-12(11)27-16(15)20-14(23)9-26-18-19-7-6-13(22)21-18/h6-7,10-12H,3-5,8-9H2,1-2H3,(H,20,23)(H,19,21,22). The van der Waals surface area contributed by atoms with Gasteiger partial charge >= 0.3 is 5.97 Å². The van der Waals surface area contributed by atoms with Gasteiger partial charge in [0.2, 0.25) is 5.91 Å². The minimum atomic E-state index is -0.330. The lowest BCUT2D eigenvalue weighted by atomic mass is 9.79. The van der Waals surface area contributed by atoms with Crippen molar-refractivity contribution < 1.29 is 14.3 Å². The van der Waals surface area contributed by atoms with Crippen LogP contribution >= 0.6 is 23.5 Å². The van der Waals surface area contributed by atoms with E-state index in [2.05, 4.69) is 22.2 Å². The summed E-state index contributed by atoms with van der Waals surface area (Å²) in [5, 5.41) is 4.21. The molecule has 1 saturated carbocycles. The first-order valence-electron chi connectivity index (χ1n) is 9.03. The number of H-pyrrole nitrogens is 1. The Morgan fingerprint density at radius 3 is 3.00 bits per heavy atom. The van der Waals surface area contributed by atoms with Gasteiger partial charge in [-0.3, -0.25) is 9.59 Å². The van der Waals surface area contributed by atoms with Gasteiger partial charge in [-0.05, 0) is 25.7 Å². The van der Waals surface area contributed by atoms with Gasteiger partial charge in [0.05, 0.1) is 23.0 Å². The molecule has 3 unspecified atom stereocenters. The SMILES string of the molecule is CCOC(=O)C1=C(NC(=O)CSc2nccc(=O)[nH]2)SC2CC(C)CCC12. The van der Waals surface area contributed by atoms with Crippen molar-refractivity contribution in [2.75, 3.05) is 12.4 Å². The molecule has 1 aromatic heterocycles. The molecular formula is C18H23N3O4S2. The minimum absolute atomic E-state index is 0.0961. The van der Waals surface area contributed by atoms with E-state index in [-0.39, 0.29) is 29.1 Å². The summed E-state index contributed by atoms with van der Waals surface area (Å²) >= 11 is 2.72. The maximum Gasteiger partial charge on any atom is 0.336 e. The molecule has 27 heavy (non-hydrogen) atoms. The first kappa shape index (κ1) is 20.0. The fraction of sp³-hybridized carbons (Fsp3) is 0.556. The Bertz CT molecular complexity index is 808. The van der Waals surface area contributed by atoms with E-state index in [4.69, 9.17) is 4.74 Å². The summed E-state index contributed by atoms with van der Waals surface area (Å²) < 4.78 is 5.24. The third kappa shape index (κ3) is 4.95. The molecule has 0 aromatic carbocycles. The Labute approximate surface area is 166 Å². The Morgan fingerprint density at radius 1 is 1.44 bits per heavy atom. The molecular weight excluding hydrogens is 386 g/mol. The molecule has 0 saturated heterocycles. The van der Waals surface area contributed by atoms with Crippen molar-refractivity contribution in [1.29, 1.82) is 0 Å². The third-order valence-corrected chi connectivity index (χ3v) is 6.94. The van der Waals surface area contributed by atoms with Gasteiger partial charge in [0, 0.05) is 23.4 Å². The number of fused-ring (bicyclic) bond motifs is 1. The lowest BCUT2D eigenvalue weighted by molar-refractivity contribution is -0.139. The summed E-state index contributed by atoms with van der Waals surface area (Å²) in [6.07, 6.45) is 4.45. The molecule has 0 radical (unpaired) electrons. The van der Waals surface area contributed by atoms with Gasteiger partial charge < -0.3 is 15.0 Å². The fourth-order valence-corrected chi connectivity index (χ4v) is 5.79. The number of carbonyl (C=O) groups is 2. The van der Waals surface area contributed by atoms with Crippen LogP contribution in [0.4, 0.5) is 0 Å². The van der Waals surface area contributed by atoms with Crippen LogP contribution in [-0.4, -0.2) is 39.5 Å². The van der Waals surface area contributed by atoms with Crippen LogP contribution in [0.2, 0.25) is 0 Å². The van der Waals surface area contributed by atoms with E-state index >= 15 is 0 Å². The van der Waals surface area contributed by atoms with E-state index in [0.29, 0.717) is 33.5 Å². The predicted octanol–water partition coefficient (Wildman–Crippen LogP) is 2.30. The number of ether oxygens (including phenoxy) is 1. The summed E-state index contributed by atoms with van der Waals surface area (Å²) in [6, 6.07) is 1.32. The maximum atomic E-state index is 12.5. The summed E-state index contributed by atoms with van der Waals surface area (Å²) in [5.41, 5.74) is 0.355. The second kappa shape index (κ2) is 8.97. The molecule has 1 aliphatic carbocycles. The third-order valence-electron chi connectivity index (χ3n) is 4.67. The average molecular weight is 410 g/mol. The van der Waals surface area contributed by atoms with Crippen LogP contribution in [0, 0.1) is 11.8 Å². The van der Waals surface area contributed by atoms with Crippen molar-refractivity contribution in [3.63, 3.8) is 0 Å². The van der Waals surface area contributed by atoms with Gasteiger partial charge in [-0.2, -0.15) is 0 Å². The molecule has 2 aliphatic rings. The lowest BCUT2D eigenvalue weighted by Crippen LogP contribution is -2.28. The van der Waals surface area contributed by atoms with Gasteiger partial charge in [0.15, 0.2) is 5.16 Å². The van der Waals surface area contributed by atoms with Crippen LogP contribution in [-0.2, 0) is 14.3 Å². The molecule has 0 bridgehead atoms. The zero-order valence-electron chi connectivity index (χ0n) is 15.3. The topological polar surface area (TPSA) is 101 Å². The highest BCUT2D eigenvalue weighted by Crippen LogP contribution is 2.49. The number of esters is 1. The monoisotopic (exact) mass is 409 g/mol. The number of aromatic nitrogens is 2. The van der Waals surface area contributed by atoms with E-state index < -0.39 is 0 Å². The van der Waals surface area contributed by atoms with Gasteiger partial charge in [-0.15, -0.1) is 11.8 Å². The Balaban J connectivity index is 1.69. The molecule has 146 valence electrons. The summed E-state index contributed by atoms with van der Waals surface area (Å²) in [7, 11) is 0. The van der Waals surface area contributed by atoms with Gasteiger partial charge in [-0.1, -0.05) is 25.1 Å². The van der Waals surface area contributed by atoms with Crippen LogP contribution < -0.4 is 10.9 Å². The molecule has 1 fully saturated rings. The minimum Gasteiger partial charge on any atom is -0.463 e. The molecule has 2 N–H and O–H groups in total. The zero-order chi connectivity index (χ0) is 19.4. The molecule has 9 heteroatoms. The molecule has 1 aliphatic heterocycles. The number of thioether (sulfide) groups is 2. The Hall–Kier alpha value is -1.74. The number of carbonyl (C=O) groups excluding carboxylic acids is 2. The van der Waals surface area contributed by atoms with E-state index in [1.165, 1.54) is 12.3 Å². The predicted molar refractivity (Wildman–Crippen MR) is 105 cm³/mol. The molecule has 1 aromatic rings. The number of hydrogen-bond acceptors (Lipinski definition) is 7. The summed E-state index contributed by atoms with van der Waals surface area (Å²) in [6.45, 7) is 4.32. The molecule has 1 amide bonds. The number of amides is 1. The molecule has 3 atom stereocenters. The normalized spacial score (nSPS) is 24.4. The highest BCUT2D eigenvalue weighted by molar-refractivity contribution is 8.04. The lowest BCUT2D eigenvalue weighted by Gasteiger charge is -2.29. The zero-order valence-corrected chi connectivity index (χ0v) is 17.0. The van der Waals surface area contributed by atoms with Crippen molar-refractivity contribution in [2.45, 2.75) is 43.5 Å². The number of nitrogens with one attached hydrogen (secondary N) is 2. The van der Waals surface area contributed by atoms with E-state index in [9.17, 15) is 14.4 Å². The number of aromatic amines is 1. The van der Waals surface area contributed by atoms with Gasteiger partial charge in [-0.25, -0.2) is 9.78 Å². The van der Waals surface area contributed by atoms with Crippen molar-refractivity contribution in [1.82, 2.24) is 15.3 Å². The molecule has 0 spiro atoms. The number of hydrogen-bond donors (Lipinski definition) is 2. The van der Waals surface area contributed by atoms with E-state index in [0.717, 1.165) is 31.0 Å². The van der Waals surface area contributed by atoms with Crippen LogP contribution in [0.1, 0.15) is 33.1 Å². The summed E-state index contributed by atoms with van der Waals surface area (Å²) in [4.78, 5) is 42.8. The highest BCUT2D eigenvalue weighted by Gasteiger charge is 2.43. The Kier molecular flexibility index (Phi) is 6.64. The first-order valence-corrected chi connectivity index (χ1v) is 10.9. The van der Waals surface area contributed by atoms with E-state index in [1.807, 2.05) is 0 Å². The fourth-order valence-electron chi connectivity index (χ4n) is 3.44.